The summed E-state index contributed by atoms with van der Waals surface area (Å²) in [4.78, 5) is 12.7. The van der Waals surface area contributed by atoms with Crippen LogP contribution >= 0.6 is 0 Å². The Morgan fingerprint density at radius 2 is 1.88 bits per heavy atom. The van der Waals surface area contributed by atoms with E-state index in [0.717, 1.165) is 11.3 Å². The Morgan fingerprint density at radius 1 is 1.17 bits per heavy atom. The summed E-state index contributed by atoms with van der Waals surface area (Å²) in [5, 5.41) is 2.83. The van der Waals surface area contributed by atoms with E-state index in [1.807, 2.05) is 24.3 Å². The topological polar surface area (TPSA) is 72.5 Å². The number of rotatable bonds is 4. The third kappa shape index (κ3) is 3.43. The van der Waals surface area contributed by atoms with Crippen molar-refractivity contribution < 1.29 is 17.9 Å². The molecule has 1 atom stereocenters. The third-order valence-corrected chi connectivity index (χ3v) is 5.86. The first kappa shape index (κ1) is 16.5. The Balaban J connectivity index is 1.68. The average Bonchev–Trinajstić information content (AvgIpc) is 2.61. The standard InChI is InChI=1S/C18H19NO4S/c1-2-24(21,22)16-9-7-15(8-10-16)19-18(20)14-11-13-5-3-4-6-17(13)23-12-14/h3-10,14H,2,11-12H2,1H3,(H,19,20). The Morgan fingerprint density at radius 3 is 2.58 bits per heavy atom. The van der Waals surface area contributed by atoms with Gasteiger partial charge in [0.1, 0.15) is 12.4 Å². The molecule has 3 rings (SSSR count). The molecule has 6 heteroatoms. The number of amides is 1. The first-order valence-electron chi connectivity index (χ1n) is 7.84. The Kier molecular flexibility index (Phi) is 4.57. The molecule has 2 aromatic carbocycles. The van der Waals surface area contributed by atoms with Crippen LogP contribution < -0.4 is 10.1 Å². The number of hydrogen-bond donors (Lipinski definition) is 1. The largest absolute Gasteiger partial charge is 0.492 e. The van der Waals surface area contributed by atoms with Crippen molar-refractivity contribution >= 4 is 21.4 Å². The molecule has 0 aromatic heterocycles. The van der Waals surface area contributed by atoms with E-state index in [1.165, 1.54) is 12.1 Å². The van der Waals surface area contributed by atoms with Crippen molar-refractivity contribution in [2.75, 3.05) is 17.7 Å². The number of para-hydroxylation sites is 1. The summed E-state index contributed by atoms with van der Waals surface area (Å²) in [6, 6.07) is 13.9. The molecule has 0 saturated heterocycles. The number of hydrogen-bond acceptors (Lipinski definition) is 4. The summed E-state index contributed by atoms with van der Waals surface area (Å²) in [7, 11) is -3.23. The van der Waals surface area contributed by atoms with Gasteiger partial charge in [0.15, 0.2) is 9.84 Å². The molecule has 0 fully saturated rings. The van der Waals surface area contributed by atoms with Crippen molar-refractivity contribution in [2.24, 2.45) is 5.92 Å². The van der Waals surface area contributed by atoms with Crippen LogP contribution in [-0.2, 0) is 21.1 Å². The van der Waals surface area contributed by atoms with Gasteiger partial charge in [0.2, 0.25) is 5.91 Å². The molecule has 24 heavy (non-hydrogen) atoms. The molecule has 0 saturated carbocycles. The minimum absolute atomic E-state index is 0.0531. The fourth-order valence-electron chi connectivity index (χ4n) is 2.65. The van der Waals surface area contributed by atoms with Crippen LogP contribution in [0.4, 0.5) is 5.69 Å². The molecular weight excluding hydrogens is 326 g/mol. The van der Waals surface area contributed by atoms with Gasteiger partial charge >= 0.3 is 0 Å². The Labute approximate surface area is 141 Å². The zero-order chi connectivity index (χ0) is 17.2. The summed E-state index contributed by atoms with van der Waals surface area (Å²) < 4.78 is 29.2. The highest BCUT2D eigenvalue weighted by Gasteiger charge is 2.25. The maximum Gasteiger partial charge on any atom is 0.231 e. The van der Waals surface area contributed by atoms with Crippen molar-refractivity contribution in [3.63, 3.8) is 0 Å². The molecule has 1 amide bonds. The van der Waals surface area contributed by atoms with Crippen molar-refractivity contribution in [1.29, 1.82) is 0 Å². The van der Waals surface area contributed by atoms with Crippen LogP contribution in [-0.4, -0.2) is 26.7 Å². The fourth-order valence-corrected chi connectivity index (χ4v) is 3.54. The van der Waals surface area contributed by atoms with Crippen LogP contribution in [0.1, 0.15) is 12.5 Å². The van der Waals surface area contributed by atoms with E-state index in [1.54, 1.807) is 19.1 Å². The van der Waals surface area contributed by atoms with Gasteiger partial charge in [-0.15, -0.1) is 0 Å². The predicted molar refractivity (Wildman–Crippen MR) is 91.9 cm³/mol. The molecule has 1 aliphatic heterocycles. The number of nitrogens with one attached hydrogen (secondary N) is 1. The lowest BCUT2D eigenvalue weighted by Crippen LogP contribution is -2.32. The summed E-state index contributed by atoms with van der Waals surface area (Å²) in [5.74, 6) is 0.488. The molecule has 126 valence electrons. The molecule has 5 nitrogen and oxygen atoms in total. The van der Waals surface area contributed by atoms with Crippen LogP contribution in [0.5, 0.6) is 5.75 Å². The van der Waals surface area contributed by atoms with Gasteiger partial charge in [0, 0.05) is 5.69 Å². The summed E-state index contributed by atoms with van der Waals surface area (Å²) in [5.41, 5.74) is 1.60. The van der Waals surface area contributed by atoms with Crippen LogP contribution in [0.25, 0.3) is 0 Å². The number of sulfone groups is 1. The zero-order valence-electron chi connectivity index (χ0n) is 13.4. The molecule has 1 aliphatic rings. The second-order valence-electron chi connectivity index (χ2n) is 5.74. The van der Waals surface area contributed by atoms with Crippen molar-refractivity contribution in [3.05, 3.63) is 54.1 Å². The lowest BCUT2D eigenvalue weighted by atomic mass is 9.96. The van der Waals surface area contributed by atoms with Gasteiger partial charge in [0.25, 0.3) is 0 Å². The van der Waals surface area contributed by atoms with E-state index in [2.05, 4.69) is 5.32 Å². The van der Waals surface area contributed by atoms with Gasteiger partial charge < -0.3 is 10.1 Å². The van der Waals surface area contributed by atoms with Crippen molar-refractivity contribution in [3.8, 4) is 5.75 Å². The summed E-state index contributed by atoms with van der Waals surface area (Å²) in [6.45, 7) is 1.94. The minimum atomic E-state index is -3.23. The van der Waals surface area contributed by atoms with Gasteiger partial charge in [-0.2, -0.15) is 0 Å². The molecule has 0 spiro atoms. The quantitative estimate of drug-likeness (QED) is 0.925. The maximum absolute atomic E-state index is 12.4. The molecule has 1 heterocycles. The van der Waals surface area contributed by atoms with Crippen molar-refractivity contribution in [1.82, 2.24) is 0 Å². The third-order valence-electron chi connectivity index (χ3n) is 4.11. The molecule has 2 aromatic rings. The zero-order valence-corrected chi connectivity index (χ0v) is 14.2. The molecule has 0 aliphatic carbocycles. The highest BCUT2D eigenvalue weighted by atomic mass is 32.2. The van der Waals surface area contributed by atoms with Gasteiger partial charge in [-0.1, -0.05) is 25.1 Å². The summed E-state index contributed by atoms with van der Waals surface area (Å²) in [6.07, 6.45) is 0.629. The maximum atomic E-state index is 12.4. The SMILES string of the molecule is CCS(=O)(=O)c1ccc(NC(=O)C2COc3ccccc3C2)cc1. The Hall–Kier alpha value is -2.34. The number of carbonyl (C=O) groups is 1. The second-order valence-corrected chi connectivity index (χ2v) is 8.02. The van der Waals surface area contributed by atoms with Gasteiger partial charge in [-0.3, -0.25) is 4.79 Å². The van der Waals surface area contributed by atoms with E-state index in [4.69, 9.17) is 4.74 Å². The van der Waals surface area contributed by atoms with Crippen LogP contribution in [0.3, 0.4) is 0 Å². The second kappa shape index (κ2) is 6.65. The first-order valence-corrected chi connectivity index (χ1v) is 9.49. The highest BCUT2D eigenvalue weighted by Crippen LogP contribution is 2.27. The van der Waals surface area contributed by atoms with Gasteiger partial charge in [0.05, 0.1) is 16.6 Å². The van der Waals surface area contributed by atoms with Crippen LogP contribution in [0.15, 0.2) is 53.4 Å². The lowest BCUT2D eigenvalue weighted by Gasteiger charge is -2.24. The predicted octanol–water partition coefficient (Wildman–Crippen LogP) is 2.67. The average molecular weight is 345 g/mol. The highest BCUT2D eigenvalue weighted by molar-refractivity contribution is 7.91. The Bertz CT molecular complexity index is 844. The van der Waals surface area contributed by atoms with Crippen LogP contribution in [0, 0.1) is 5.92 Å². The van der Waals surface area contributed by atoms with E-state index >= 15 is 0 Å². The van der Waals surface area contributed by atoms with Crippen LogP contribution in [0.2, 0.25) is 0 Å². The number of carbonyl (C=O) groups excluding carboxylic acids is 1. The van der Waals surface area contributed by atoms with E-state index in [0.29, 0.717) is 18.7 Å². The van der Waals surface area contributed by atoms with E-state index < -0.39 is 9.84 Å². The number of benzene rings is 2. The van der Waals surface area contributed by atoms with Gasteiger partial charge in [-0.05, 0) is 42.3 Å². The number of ether oxygens (including phenoxy) is 1. The number of anilines is 1. The monoisotopic (exact) mass is 345 g/mol. The van der Waals surface area contributed by atoms with Gasteiger partial charge in [-0.25, -0.2) is 8.42 Å². The molecular formula is C18H19NO4S. The fraction of sp³-hybridized carbons (Fsp3) is 0.278. The lowest BCUT2D eigenvalue weighted by molar-refractivity contribution is -0.121. The minimum Gasteiger partial charge on any atom is -0.492 e. The van der Waals surface area contributed by atoms with E-state index in [-0.39, 0.29) is 22.5 Å². The first-order chi connectivity index (χ1) is 11.5. The number of fused-ring (bicyclic) bond motifs is 1. The smallest absolute Gasteiger partial charge is 0.231 e. The molecule has 1 unspecified atom stereocenters. The van der Waals surface area contributed by atoms with E-state index in [9.17, 15) is 13.2 Å². The molecule has 0 bridgehead atoms. The molecule has 0 radical (unpaired) electrons. The van der Waals surface area contributed by atoms with Crippen molar-refractivity contribution in [2.45, 2.75) is 18.2 Å². The normalized spacial score (nSPS) is 16.8. The molecule has 1 N–H and O–H groups in total. The summed E-state index contributed by atoms with van der Waals surface area (Å²) >= 11 is 0.